The van der Waals surface area contributed by atoms with Gasteiger partial charge in [-0.15, -0.1) is 0 Å². The number of Topliss-reactive ketones (excluding diaryl/α,β-unsaturated/α-hetero) is 1. The van der Waals surface area contributed by atoms with Crippen LogP contribution >= 0.6 is 11.6 Å². The topological polar surface area (TPSA) is 160 Å². The van der Waals surface area contributed by atoms with Gasteiger partial charge in [0.1, 0.15) is 23.6 Å². The molecule has 3 aromatic carbocycles. The summed E-state index contributed by atoms with van der Waals surface area (Å²) in [5.41, 5.74) is 0.751. The van der Waals surface area contributed by atoms with Gasteiger partial charge in [0.15, 0.2) is 6.61 Å². The summed E-state index contributed by atoms with van der Waals surface area (Å²) in [4.78, 5) is 63.6. The highest BCUT2D eigenvalue weighted by molar-refractivity contribution is 6.31. The first kappa shape index (κ1) is 37.3. The number of amides is 3. The lowest BCUT2D eigenvalue weighted by Crippen LogP contribution is -2.55. The Bertz CT molecular complexity index is 1620. The lowest BCUT2D eigenvalue weighted by molar-refractivity contribution is -0.175. The highest BCUT2D eigenvalue weighted by atomic mass is 35.5. The molecular formula is C33H33ClF3N3O8. The van der Waals surface area contributed by atoms with Crippen molar-refractivity contribution < 1.29 is 51.7 Å². The summed E-state index contributed by atoms with van der Waals surface area (Å²) in [7, 11) is 1.40. The van der Waals surface area contributed by atoms with Crippen LogP contribution in [-0.4, -0.2) is 66.6 Å². The molecule has 3 aromatic rings. The van der Waals surface area contributed by atoms with E-state index in [0.717, 1.165) is 0 Å². The second-order valence-electron chi connectivity index (χ2n) is 10.9. The van der Waals surface area contributed by atoms with Crippen LogP contribution in [-0.2, 0) is 25.6 Å². The zero-order valence-electron chi connectivity index (χ0n) is 26.0. The maximum absolute atomic E-state index is 13.9. The molecule has 15 heteroatoms. The number of hydrogen-bond acceptors (Lipinski definition) is 7. The molecule has 0 spiro atoms. The minimum atomic E-state index is -5.23. The summed E-state index contributed by atoms with van der Waals surface area (Å²) in [5.74, 6) is -6.37. The van der Waals surface area contributed by atoms with Crippen LogP contribution in [0.5, 0.6) is 11.5 Å². The third-order valence-electron chi connectivity index (χ3n) is 6.96. The van der Waals surface area contributed by atoms with Gasteiger partial charge in [-0.3, -0.25) is 19.2 Å². The van der Waals surface area contributed by atoms with Crippen LogP contribution in [0.25, 0.3) is 0 Å². The van der Waals surface area contributed by atoms with E-state index < -0.39 is 66.3 Å². The van der Waals surface area contributed by atoms with Gasteiger partial charge in [-0.05, 0) is 59.5 Å². The first-order chi connectivity index (χ1) is 22.6. The molecule has 0 saturated carbocycles. The lowest BCUT2D eigenvalue weighted by Gasteiger charge is -2.27. The molecule has 0 aliphatic carbocycles. The number of carbonyl (C=O) groups is 5. The molecule has 4 N–H and O–H groups in total. The van der Waals surface area contributed by atoms with E-state index in [1.54, 1.807) is 6.07 Å². The van der Waals surface area contributed by atoms with Gasteiger partial charge >= 0.3 is 12.1 Å². The van der Waals surface area contributed by atoms with Crippen molar-refractivity contribution in [1.29, 1.82) is 0 Å². The van der Waals surface area contributed by atoms with Gasteiger partial charge in [0, 0.05) is 17.0 Å². The fourth-order valence-electron chi connectivity index (χ4n) is 4.47. The zero-order valence-corrected chi connectivity index (χ0v) is 26.7. The van der Waals surface area contributed by atoms with Crippen molar-refractivity contribution in [2.45, 2.75) is 44.6 Å². The Morgan fingerprint density at radius 3 is 2.02 bits per heavy atom. The Kier molecular flexibility index (Phi) is 12.9. The molecule has 3 rings (SSSR count). The monoisotopic (exact) mass is 691 g/mol. The van der Waals surface area contributed by atoms with E-state index in [-0.39, 0.29) is 28.3 Å². The molecule has 3 amide bonds. The van der Waals surface area contributed by atoms with E-state index in [4.69, 9.17) is 26.2 Å². The summed E-state index contributed by atoms with van der Waals surface area (Å²) >= 11 is 6.03. The number of halogens is 4. The number of carboxylic acids is 1. The van der Waals surface area contributed by atoms with Gasteiger partial charge < -0.3 is 30.5 Å². The molecule has 0 aromatic heterocycles. The number of ketones is 1. The molecule has 11 nitrogen and oxygen atoms in total. The Morgan fingerprint density at radius 1 is 0.854 bits per heavy atom. The molecule has 0 aliphatic heterocycles. The Labute approximate surface area is 278 Å². The van der Waals surface area contributed by atoms with E-state index in [1.807, 2.05) is 0 Å². The van der Waals surface area contributed by atoms with E-state index in [9.17, 15) is 37.1 Å². The molecule has 3 atom stereocenters. The van der Waals surface area contributed by atoms with Gasteiger partial charge in [-0.25, -0.2) is 4.79 Å². The molecule has 0 saturated heterocycles. The highest BCUT2D eigenvalue weighted by Crippen LogP contribution is 2.24. The summed E-state index contributed by atoms with van der Waals surface area (Å²) in [5, 5.41) is 16.3. The second-order valence-corrected chi connectivity index (χ2v) is 11.3. The van der Waals surface area contributed by atoms with Crippen molar-refractivity contribution in [2.75, 3.05) is 13.7 Å². The fourth-order valence-corrected chi connectivity index (χ4v) is 4.66. The number of aliphatic carboxylic acids is 1. The van der Waals surface area contributed by atoms with Gasteiger partial charge in [-0.1, -0.05) is 55.8 Å². The number of hydrogen-bond donors (Lipinski definition) is 4. The lowest BCUT2D eigenvalue weighted by atomic mass is 9.97. The van der Waals surface area contributed by atoms with Crippen molar-refractivity contribution in [3.05, 3.63) is 94.5 Å². The third kappa shape index (κ3) is 10.7. The van der Waals surface area contributed by atoms with Crippen LogP contribution in [0.3, 0.4) is 0 Å². The molecule has 0 heterocycles. The summed E-state index contributed by atoms with van der Waals surface area (Å²) in [6, 6.07) is 12.7. The molecular weight excluding hydrogens is 659 g/mol. The predicted octanol–water partition coefficient (Wildman–Crippen LogP) is 4.28. The van der Waals surface area contributed by atoms with Crippen LogP contribution in [0.2, 0.25) is 5.02 Å². The van der Waals surface area contributed by atoms with Crippen molar-refractivity contribution in [3.63, 3.8) is 0 Å². The number of methoxy groups -OCH3 is 1. The van der Waals surface area contributed by atoms with Crippen LogP contribution in [0, 0.1) is 5.92 Å². The molecule has 256 valence electrons. The van der Waals surface area contributed by atoms with Gasteiger partial charge in [0.2, 0.25) is 11.8 Å². The van der Waals surface area contributed by atoms with Gasteiger partial charge in [-0.2, -0.15) is 13.2 Å². The van der Waals surface area contributed by atoms with Crippen molar-refractivity contribution in [3.8, 4) is 11.5 Å². The maximum Gasteiger partial charge on any atom is 0.452 e. The maximum atomic E-state index is 13.9. The second kappa shape index (κ2) is 16.6. The number of carbonyl (C=O) groups excluding carboxylic acids is 4. The standard InChI is InChI=1S/C33H33ClF3N3O8/c1-18(2)27(29(43)33(35,36)37)39-32(46)28(20-9-13-23(47-3)14-10-20)40-31(45)25(38-30(44)21-5-4-6-22(34)16-21)15-19-7-11-24(12-8-19)48-17-26(41)42/h4-14,16,18,25,27-28H,15,17H2,1-3H3,(H,38,44)(H,39,46)(H,40,45)(H,41,42). The van der Waals surface area contributed by atoms with Crippen LogP contribution in [0.4, 0.5) is 13.2 Å². The van der Waals surface area contributed by atoms with Crippen molar-refractivity contribution in [1.82, 2.24) is 16.0 Å². The SMILES string of the molecule is COc1ccc(C(NC(=O)C(Cc2ccc(OCC(=O)O)cc2)NC(=O)c2cccc(Cl)c2)C(=O)NC(C(=O)C(F)(F)F)C(C)C)cc1. The number of alkyl halides is 3. The minimum Gasteiger partial charge on any atom is -0.497 e. The number of rotatable bonds is 15. The molecule has 0 fully saturated rings. The fraction of sp³-hybridized carbons (Fsp3) is 0.303. The number of benzene rings is 3. The number of ether oxygens (including phenoxy) is 2. The Hall–Kier alpha value is -5.11. The molecule has 0 radical (unpaired) electrons. The van der Waals surface area contributed by atoms with E-state index in [2.05, 4.69) is 16.0 Å². The number of carboxylic acid groups (broad SMARTS) is 1. The smallest absolute Gasteiger partial charge is 0.452 e. The third-order valence-corrected chi connectivity index (χ3v) is 7.19. The molecule has 0 bridgehead atoms. The van der Waals surface area contributed by atoms with Crippen LogP contribution in [0.15, 0.2) is 72.8 Å². The highest BCUT2D eigenvalue weighted by Gasteiger charge is 2.45. The summed E-state index contributed by atoms with van der Waals surface area (Å²) in [6.07, 6.45) is -5.37. The van der Waals surface area contributed by atoms with Crippen molar-refractivity contribution in [2.24, 2.45) is 5.92 Å². The quantitative estimate of drug-likeness (QED) is 0.184. The predicted molar refractivity (Wildman–Crippen MR) is 168 cm³/mol. The largest absolute Gasteiger partial charge is 0.497 e. The molecule has 48 heavy (non-hydrogen) atoms. The van der Waals surface area contributed by atoms with E-state index >= 15 is 0 Å². The minimum absolute atomic E-state index is 0.118. The van der Waals surface area contributed by atoms with E-state index in [0.29, 0.717) is 11.3 Å². The normalized spacial score (nSPS) is 13.1. The average Bonchev–Trinajstić information content (AvgIpc) is 3.04. The van der Waals surface area contributed by atoms with Crippen LogP contribution < -0.4 is 25.4 Å². The van der Waals surface area contributed by atoms with E-state index in [1.165, 1.54) is 87.7 Å². The summed E-state index contributed by atoms with van der Waals surface area (Å²) < 4.78 is 50.4. The molecule has 3 unspecified atom stereocenters. The zero-order chi connectivity index (χ0) is 35.6. The average molecular weight is 692 g/mol. The summed E-state index contributed by atoms with van der Waals surface area (Å²) in [6.45, 7) is 2.07. The molecule has 0 aliphatic rings. The first-order valence-electron chi connectivity index (χ1n) is 14.4. The van der Waals surface area contributed by atoms with Crippen LogP contribution in [0.1, 0.15) is 41.4 Å². The Morgan fingerprint density at radius 2 is 1.48 bits per heavy atom. The van der Waals surface area contributed by atoms with Gasteiger partial charge in [0.05, 0.1) is 13.2 Å². The first-order valence-corrected chi connectivity index (χ1v) is 14.8. The number of nitrogens with one attached hydrogen (secondary N) is 3. The Balaban J connectivity index is 1.96. The van der Waals surface area contributed by atoms with Gasteiger partial charge in [0.25, 0.3) is 11.7 Å². The van der Waals surface area contributed by atoms with Crippen molar-refractivity contribution >= 4 is 41.1 Å².